The minimum Gasteiger partial charge on any atom is -0.435 e. The van der Waals surface area contributed by atoms with E-state index in [0.717, 1.165) is 14.8 Å². The predicted octanol–water partition coefficient (Wildman–Crippen LogP) is 4.50. The monoisotopic (exact) mass is 375 g/mol. The Balaban J connectivity index is 1.95. The largest absolute Gasteiger partial charge is 0.435 e. The van der Waals surface area contributed by atoms with Crippen molar-refractivity contribution in [1.29, 1.82) is 0 Å². The van der Waals surface area contributed by atoms with Crippen molar-refractivity contribution in [2.45, 2.75) is 13.2 Å². The van der Waals surface area contributed by atoms with Crippen LogP contribution in [-0.4, -0.2) is 6.61 Å². The maximum Gasteiger partial charge on any atom is 0.387 e. The maximum atomic E-state index is 12.0. The Hall–Kier alpha value is -1.37. The molecule has 2 rings (SSSR count). The van der Waals surface area contributed by atoms with Crippen LogP contribution in [0.25, 0.3) is 0 Å². The molecule has 19 heavy (non-hydrogen) atoms. The molecular formula is C14H12F2INO. The third-order valence-electron chi connectivity index (χ3n) is 2.51. The molecule has 0 radical (unpaired) electrons. The highest BCUT2D eigenvalue weighted by Gasteiger charge is 2.04. The van der Waals surface area contributed by atoms with Crippen LogP contribution in [0.1, 0.15) is 5.56 Å². The molecule has 1 N–H and O–H groups in total. The Bertz CT molecular complexity index is 531. The van der Waals surface area contributed by atoms with Gasteiger partial charge in [0.05, 0.1) is 0 Å². The van der Waals surface area contributed by atoms with Crippen molar-refractivity contribution in [1.82, 2.24) is 0 Å². The van der Waals surface area contributed by atoms with E-state index in [9.17, 15) is 8.78 Å². The Morgan fingerprint density at radius 3 is 2.37 bits per heavy atom. The minimum absolute atomic E-state index is 0.174. The van der Waals surface area contributed by atoms with Crippen LogP contribution in [0.2, 0.25) is 0 Å². The lowest BCUT2D eigenvalue weighted by atomic mass is 10.2. The highest BCUT2D eigenvalue weighted by atomic mass is 127. The zero-order chi connectivity index (χ0) is 13.7. The molecule has 2 aromatic rings. The summed E-state index contributed by atoms with van der Waals surface area (Å²) in [6, 6.07) is 14.6. The second-order valence-electron chi connectivity index (χ2n) is 3.86. The first-order chi connectivity index (χ1) is 9.15. The van der Waals surface area contributed by atoms with Crippen LogP contribution in [-0.2, 0) is 6.54 Å². The number of alkyl halides is 2. The van der Waals surface area contributed by atoms with Crippen molar-refractivity contribution in [3.05, 3.63) is 57.7 Å². The minimum atomic E-state index is -2.78. The summed E-state index contributed by atoms with van der Waals surface area (Å²) in [7, 11) is 0. The van der Waals surface area contributed by atoms with E-state index < -0.39 is 6.61 Å². The number of ether oxygens (including phenoxy) is 1. The number of benzene rings is 2. The van der Waals surface area contributed by atoms with Gasteiger partial charge in [-0.3, -0.25) is 0 Å². The Morgan fingerprint density at radius 2 is 1.74 bits per heavy atom. The zero-order valence-electron chi connectivity index (χ0n) is 9.95. The van der Waals surface area contributed by atoms with Gasteiger partial charge >= 0.3 is 6.61 Å². The molecule has 0 amide bonds. The van der Waals surface area contributed by atoms with Crippen LogP contribution in [0.15, 0.2) is 48.5 Å². The molecule has 0 aromatic heterocycles. The van der Waals surface area contributed by atoms with Crippen molar-refractivity contribution in [3.8, 4) is 5.75 Å². The molecule has 0 aliphatic carbocycles. The van der Waals surface area contributed by atoms with Gasteiger partial charge < -0.3 is 10.1 Å². The topological polar surface area (TPSA) is 21.3 Å². The van der Waals surface area contributed by atoms with E-state index in [1.807, 2.05) is 24.3 Å². The summed E-state index contributed by atoms with van der Waals surface area (Å²) >= 11 is 2.26. The average molecular weight is 375 g/mol. The van der Waals surface area contributed by atoms with E-state index >= 15 is 0 Å². The van der Waals surface area contributed by atoms with E-state index in [2.05, 4.69) is 32.6 Å². The lowest BCUT2D eigenvalue weighted by Gasteiger charge is -2.09. The van der Waals surface area contributed by atoms with E-state index in [1.54, 1.807) is 24.3 Å². The second-order valence-corrected chi connectivity index (χ2v) is 5.02. The van der Waals surface area contributed by atoms with E-state index in [1.165, 1.54) is 0 Å². The van der Waals surface area contributed by atoms with Gasteiger partial charge in [0.1, 0.15) is 5.75 Å². The first-order valence-corrected chi connectivity index (χ1v) is 6.75. The highest BCUT2D eigenvalue weighted by Crippen LogP contribution is 2.19. The molecule has 0 aliphatic heterocycles. The van der Waals surface area contributed by atoms with Gasteiger partial charge in [-0.1, -0.05) is 24.3 Å². The molecule has 0 unspecified atom stereocenters. The van der Waals surface area contributed by atoms with Gasteiger partial charge in [0.25, 0.3) is 0 Å². The maximum absolute atomic E-state index is 12.0. The normalized spacial score (nSPS) is 10.5. The SMILES string of the molecule is FC(F)Oc1ccc(CNc2ccccc2I)cc1. The van der Waals surface area contributed by atoms with Crippen molar-refractivity contribution in [2.24, 2.45) is 0 Å². The molecule has 0 spiro atoms. The summed E-state index contributed by atoms with van der Waals surface area (Å²) in [4.78, 5) is 0. The molecule has 0 saturated heterocycles. The molecule has 0 aliphatic rings. The first kappa shape index (κ1) is 14.0. The van der Waals surface area contributed by atoms with Crippen LogP contribution in [0.4, 0.5) is 14.5 Å². The molecule has 5 heteroatoms. The third kappa shape index (κ3) is 4.34. The first-order valence-electron chi connectivity index (χ1n) is 5.67. The molecule has 0 bridgehead atoms. The van der Waals surface area contributed by atoms with Crippen molar-refractivity contribution >= 4 is 28.3 Å². The standard InChI is InChI=1S/C14H12F2INO/c15-14(16)19-11-7-5-10(6-8-11)9-18-13-4-2-1-3-12(13)17/h1-8,14,18H,9H2. The zero-order valence-corrected chi connectivity index (χ0v) is 12.1. The van der Waals surface area contributed by atoms with Gasteiger partial charge in [-0.25, -0.2) is 0 Å². The summed E-state index contributed by atoms with van der Waals surface area (Å²) in [5, 5.41) is 3.29. The number of halogens is 3. The molecular weight excluding hydrogens is 363 g/mol. The molecule has 2 nitrogen and oxygen atoms in total. The van der Waals surface area contributed by atoms with Gasteiger partial charge in [0.2, 0.25) is 0 Å². The summed E-state index contributed by atoms with van der Waals surface area (Å²) in [5.74, 6) is 0.174. The molecule has 100 valence electrons. The molecule has 0 atom stereocenters. The average Bonchev–Trinajstić information content (AvgIpc) is 2.39. The van der Waals surface area contributed by atoms with E-state index in [-0.39, 0.29) is 5.75 Å². The Kier molecular flexibility index (Phi) is 4.95. The Morgan fingerprint density at radius 1 is 1.05 bits per heavy atom. The van der Waals surface area contributed by atoms with Crippen LogP contribution in [0.5, 0.6) is 5.75 Å². The summed E-state index contributed by atoms with van der Waals surface area (Å²) < 4.78 is 29.4. The molecule has 0 fully saturated rings. The number of anilines is 1. The lowest BCUT2D eigenvalue weighted by Crippen LogP contribution is -2.03. The van der Waals surface area contributed by atoms with Crippen LogP contribution in [0, 0.1) is 3.57 Å². The van der Waals surface area contributed by atoms with E-state index in [0.29, 0.717) is 6.54 Å². The number of hydrogen-bond donors (Lipinski definition) is 1. The summed E-state index contributed by atoms with van der Waals surface area (Å²) in [6.45, 7) is -2.15. The van der Waals surface area contributed by atoms with Gasteiger partial charge in [-0.2, -0.15) is 8.78 Å². The Labute approximate surface area is 123 Å². The second kappa shape index (κ2) is 6.70. The quantitative estimate of drug-likeness (QED) is 0.777. The van der Waals surface area contributed by atoms with Gasteiger partial charge in [0.15, 0.2) is 0 Å². The van der Waals surface area contributed by atoms with Gasteiger partial charge in [-0.05, 0) is 52.4 Å². The van der Waals surface area contributed by atoms with Gasteiger partial charge in [-0.15, -0.1) is 0 Å². The predicted molar refractivity (Wildman–Crippen MR) is 79.6 cm³/mol. The third-order valence-corrected chi connectivity index (χ3v) is 3.45. The van der Waals surface area contributed by atoms with Crippen LogP contribution in [0.3, 0.4) is 0 Å². The molecule has 0 heterocycles. The fourth-order valence-corrected chi connectivity index (χ4v) is 2.17. The van der Waals surface area contributed by atoms with Crippen molar-refractivity contribution < 1.29 is 13.5 Å². The number of hydrogen-bond acceptors (Lipinski definition) is 2. The van der Waals surface area contributed by atoms with Gasteiger partial charge in [0, 0.05) is 15.8 Å². The fraction of sp³-hybridized carbons (Fsp3) is 0.143. The fourth-order valence-electron chi connectivity index (χ4n) is 1.59. The molecule has 2 aromatic carbocycles. The van der Waals surface area contributed by atoms with Crippen LogP contribution >= 0.6 is 22.6 Å². The number of rotatable bonds is 5. The number of nitrogens with one attached hydrogen (secondary N) is 1. The van der Waals surface area contributed by atoms with E-state index in [4.69, 9.17) is 0 Å². The van der Waals surface area contributed by atoms with Crippen molar-refractivity contribution in [3.63, 3.8) is 0 Å². The molecule has 0 saturated carbocycles. The van der Waals surface area contributed by atoms with Crippen LogP contribution < -0.4 is 10.1 Å². The van der Waals surface area contributed by atoms with Crippen molar-refractivity contribution in [2.75, 3.05) is 5.32 Å². The lowest BCUT2D eigenvalue weighted by molar-refractivity contribution is -0.0498. The summed E-state index contributed by atoms with van der Waals surface area (Å²) in [5.41, 5.74) is 2.05. The highest BCUT2D eigenvalue weighted by molar-refractivity contribution is 14.1. The number of para-hydroxylation sites is 1. The smallest absolute Gasteiger partial charge is 0.387 e. The summed E-state index contributed by atoms with van der Waals surface area (Å²) in [6.07, 6.45) is 0.